The third-order valence-electron chi connectivity index (χ3n) is 3.71. The zero-order valence-electron chi connectivity index (χ0n) is 14.1. The molecule has 0 saturated carbocycles. The first kappa shape index (κ1) is 20.4. The largest absolute Gasteiger partial charge is 0.356 e. The van der Waals surface area contributed by atoms with Crippen molar-refractivity contribution in [1.29, 1.82) is 0 Å². The van der Waals surface area contributed by atoms with Crippen molar-refractivity contribution in [2.45, 2.75) is 32.1 Å². The van der Waals surface area contributed by atoms with E-state index in [0.29, 0.717) is 5.92 Å². The van der Waals surface area contributed by atoms with Crippen molar-refractivity contribution in [2.75, 3.05) is 20.1 Å². The van der Waals surface area contributed by atoms with E-state index in [9.17, 15) is 0 Å². The van der Waals surface area contributed by atoms with Crippen LogP contribution in [0.3, 0.4) is 0 Å². The van der Waals surface area contributed by atoms with E-state index >= 15 is 0 Å². The van der Waals surface area contributed by atoms with Crippen molar-refractivity contribution < 1.29 is 0 Å². The van der Waals surface area contributed by atoms with Gasteiger partial charge in [0.1, 0.15) is 0 Å². The maximum atomic E-state index is 4.33. The molecule has 0 aliphatic carbocycles. The first-order valence-corrected chi connectivity index (χ1v) is 9.31. The lowest BCUT2D eigenvalue weighted by molar-refractivity contribution is 0.517. The van der Waals surface area contributed by atoms with Gasteiger partial charge in [-0.1, -0.05) is 32.9 Å². The summed E-state index contributed by atoms with van der Waals surface area (Å²) >= 11 is 3.61. The molecule has 2 rings (SSSR count). The molecule has 6 heteroatoms. The minimum Gasteiger partial charge on any atom is -0.356 e. The predicted octanol–water partition coefficient (Wildman–Crippen LogP) is 4.67. The zero-order chi connectivity index (χ0) is 16.0. The standard InChI is InChI=1S/C17H25N3S2.HI/c1-13(14-7-5-9-21-14)11-19-16(18-4)20-12-17(2,3)15-8-6-10-22-15;/h5-10,13H,11-12H2,1-4H3,(H2,18,19,20);1H. The van der Waals surface area contributed by atoms with Gasteiger partial charge in [-0.15, -0.1) is 46.7 Å². The maximum absolute atomic E-state index is 4.33. The lowest BCUT2D eigenvalue weighted by Crippen LogP contribution is -2.44. The second kappa shape index (κ2) is 9.64. The highest BCUT2D eigenvalue weighted by molar-refractivity contribution is 14.0. The summed E-state index contributed by atoms with van der Waals surface area (Å²) in [4.78, 5) is 7.12. The minimum absolute atomic E-state index is 0. The molecule has 0 aromatic carbocycles. The van der Waals surface area contributed by atoms with Gasteiger partial charge in [0.05, 0.1) is 0 Å². The first-order valence-electron chi connectivity index (χ1n) is 7.55. The SMILES string of the molecule is CN=C(NCC(C)c1cccs1)NCC(C)(C)c1cccs1.I. The molecule has 2 N–H and O–H groups in total. The number of hydrogen-bond donors (Lipinski definition) is 2. The summed E-state index contributed by atoms with van der Waals surface area (Å²) in [5.74, 6) is 1.36. The van der Waals surface area contributed by atoms with Gasteiger partial charge in [0.15, 0.2) is 5.96 Å². The van der Waals surface area contributed by atoms with Gasteiger partial charge in [-0.05, 0) is 22.9 Å². The Bertz CT molecular complexity index is 577. The number of guanidine groups is 1. The molecule has 0 radical (unpaired) electrons. The van der Waals surface area contributed by atoms with Crippen LogP contribution < -0.4 is 10.6 Å². The Morgan fingerprint density at radius 3 is 2.43 bits per heavy atom. The zero-order valence-corrected chi connectivity index (χ0v) is 18.1. The predicted molar refractivity (Wildman–Crippen MR) is 115 cm³/mol. The molecule has 2 aromatic heterocycles. The summed E-state index contributed by atoms with van der Waals surface area (Å²) in [6, 6.07) is 8.60. The van der Waals surface area contributed by atoms with E-state index < -0.39 is 0 Å². The Hall–Kier alpha value is -0.600. The van der Waals surface area contributed by atoms with Crippen LogP contribution in [0.15, 0.2) is 40.0 Å². The molecule has 0 aliphatic heterocycles. The van der Waals surface area contributed by atoms with E-state index in [1.807, 2.05) is 18.4 Å². The average molecular weight is 463 g/mol. The Morgan fingerprint density at radius 1 is 1.17 bits per heavy atom. The molecule has 2 heterocycles. The molecule has 0 spiro atoms. The van der Waals surface area contributed by atoms with E-state index in [1.165, 1.54) is 9.75 Å². The second-order valence-electron chi connectivity index (χ2n) is 6.08. The van der Waals surface area contributed by atoms with Crippen LogP contribution in [0, 0.1) is 0 Å². The van der Waals surface area contributed by atoms with Gasteiger partial charge in [-0.3, -0.25) is 4.99 Å². The summed E-state index contributed by atoms with van der Waals surface area (Å²) in [5.41, 5.74) is 0.102. The van der Waals surface area contributed by atoms with Crippen LogP contribution in [-0.4, -0.2) is 26.1 Å². The van der Waals surface area contributed by atoms with Crippen molar-refractivity contribution in [1.82, 2.24) is 10.6 Å². The second-order valence-corrected chi connectivity index (χ2v) is 8.01. The highest BCUT2D eigenvalue weighted by Crippen LogP contribution is 2.26. The molecule has 0 amide bonds. The molecule has 23 heavy (non-hydrogen) atoms. The molecular weight excluding hydrogens is 437 g/mol. The number of nitrogens with one attached hydrogen (secondary N) is 2. The van der Waals surface area contributed by atoms with Crippen molar-refractivity contribution >= 4 is 52.6 Å². The van der Waals surface area contributed by atoms with Crippen molar-refractivity contribution in [3.8, 4) is 0 Å². The Kier molecular flexibility index (Phi) is 8.57. The van der Waals surface area contributed by atoms with Crippen LogP contribution in [0.5, 0.6) is 0 Å². The summed E-state index contributed by atoms with van der Waals surface area (Å²) in [5, 5.41) is 11.1. The highest BCUT2D eigenvalue weighted by Gasteiger charge is 2.22. The third-order valence-corrected chi connectivity index (χ3v) is 6.05. The van der Waals surface area contributed by atoms with E-state index in [-0.39, 0.29) is 29.4 Å². The average Bonchev–Trinajstić information content (AvgIpc) is 3.20. The maximum Gasteiger partial charge on any atom is 0.191 e. The molecule has 0 fully saturated rings. The Labute approximate surface area is 164 Å². The molecule has 0 bridgehead atoms. The van der Waals surface area contributed by atoms with E-state index in [4.69, 9.17) is 0 Å². The molecule has 1 atom stereocenters. The van der Waals surface area contributed by atoms with Crippen molar-refractivity contribution in [3.05, 3.63) is 44.8 Å². The van der Waals surface area contributed by atoms with E-state index in [2.05, 4.69) is 71.4 Å². The van der Waals surface area contributed by atoms with Crippen LogP contribution in [0.2, 0.25) is 0 Å². The monoisotopic (exact) mass is 463 g/mol. The number of nitrogens with zero attached hydrogens (tertiary/aromatic N) is 1. The normalized spacial score (nSPS) is 13.3. The molecule has 3 nitrogen and oxygen atoms in total. The van der Waals surface area contributed by atoms with E-state index in [0.717, 1.165) is 19.0 Å². The number of halogens is 1. The number of aliphatic imine (C=N–C) groups is 1. The molecule has 0 aliphatic rings. The molecule has 128 valence electrons. The van der Waals surface area contributed by atoms with Crippen molar-refractivity contribution in [2.24, 2.45) is 4.99 Å². The van der Waals surface area contributed by atoms with Crippen LogP contribution in [0.1, 0.15) is 36.4 Å². The fourth-order valence-electron chi connectivity index (χ4n) is 2.20. The number of hydrogen-bond acceptors (Lipinski definition) is 3. The van der Waals surface area contributed by atoms with Crippen LogP contribution in [-0.2, 0) is 5.41 Å². The molecule has 0 saturated heterocycles. The van der Waals surface area contributed by atoms with Gasteiger partial charge >= 0.3 is 0 Å². The van der Waals surface area contributed by atoms with Gasteiger partial charge in [0.2, 0.25) is 0 Å². The summed E-state index contributed by atoms with van der Waals surface area (Å²) in [7, 11) is 1.82. The van der Waals surface area contributed by atoms with Gasteiger partial charge in [-0.2, -0.15) is 0 Å². The number of rotatable bonds is 6. The molecule has 1 unspecified atom stereocenters. The van der Waals surface area contributed by atoms with Gasteiger partial charge < -0.3 is 10.6 Å². The third kappa shape index (κ3) is 6.08. The summed E-state index contributed by atoms with van der Waals surface area (Å²) < 4.78 is 0. The molecule has 2 aromatic rings. The molecular formula is C17H26IN3S2. The lowest BCUT2D eigenvalue weighted by atomic mass is 9.91. The van der Waals surface area contributed by atoms with Gasteiger partial charge in [0, 0.05) is 41.2 Å². The first-order chi connectivity index (χ1) is 10.5. The van der Waals surface area contributed by atoms with Gasteiger partial charge in [0.25, 0.3) is 0 Å². The van der Waals surface area contributed by atoms with Gasteiger partial charge in [-0.25, -0.2) is 0 Å². The van der Waals surface area contributed by atoms with Crippen LogP contribution in [0.4, 0.5) is 0 Å². The topological polar surface area (TPSA) is 36.4 Å². The van der Waals surface area contributed by atoms with Crippen LogP contribution in [0.25, 0.3) is 0 Å². The fraction of sp³-hybridized carbons (Fsp3) is 0.471. The Balaban J connectivity index is 0.00000264. The lowest BCUT2D eigenvalue weighted by Gasteiger charge is -2.25. The van der Waals surface area contributed by atoms with Crippen LogP contribution >= 0.6 is 46.7 Å². The smallest absolute Gasteiger partial charge is 0.191 e. The van der Waals surface area contributed by atoms with E-state index in [1.54, 1.807) is 11.3 Å². The fourth-order valence-corrected chi connectivity index (χ4v) is 3.84. The quantitative estimate of drug-likeness (QED) is 0.371. The van der Waals surface area contributed by atoms with Crippen molar-refractivity contribution in [3.63, 3.8) is 0 Å². The highest BCUT2D eigenvalue weighted by atomic mass is 127. The minimum atomic E-state index is 0. The Morgan fingerprint density at radius 2 is 1.87 bits per heavy atom. The summed E-state index contributed by atoms with van der Waals surface area (Å²) in [6.07, 6.45) is 0. The summed E-state index contributed by atoms with van der Waals surface area (Å²) in [6.45, 7) is 8.50. The number of thiophene rings is 2.